The van der Waals surface area contributed by atoms with Crippen molar-refractivity contribution in [2.45, 2.75) is 5.92 Å². The molecule has 0 unspecified atom stereocenters. The van der Waals surface area contributed by atoms with Crippen molar-refractivity contribution in [1.82, 2.24) is 20.1 Å². The van der Waals surface area contributed by atoms with Crippen molar-refractivity contribution in [1.29, 1.82) is 0 Å². The first-order chi connectivity index (χ1) is 9.74. The van der Waals surface area contributed by atoms with Gasteiger partial charge < -0.3 is 10.6 Å². The van der Waals surface area contributed by atoms with Crippen LogP contribution in [-0.4, -0.2) is 33.8 Å². The number of anilines is 1. The zero-order chi connectivity index (χ0) is 13.9. The van der Waals surface area contributed by atoms with E-state index < -0.39 is 0 Å². The van der Waals surface area contributed by atoms with Gasteiger partial charge in [-0.3, -0.25) is 14.5 Å². The predicted octanol–water partition coefficient (Wildman–Crippen LogP) is 0.757. The summed E-state index contributed by atoms with van der Waals surface area (Å²) in [6.45, 7) is 1.50. The van der Waals surface area contributed by atoms with Gasteiger partial charge in [0.1, 0.15) is 0 Å². The molecule has 0 spiro atoms. The van der Waals surface area contributed by atoms with Crippen LogP contribution >= 0.6 is 0 Å². The van der Waals surface area contributed by atoms with Gasteiger partial charge in [0.25, 0.3) is 0 Å². The van der Waals surface area contributed by atoms with Gasteiger partial charge in [-0.25, -0.2) is 0 Å². The van der Waals surface area contributed by atoms with E-state index in [0.717, 1.165) is 17.8 Å². The van der Waals surface area contributed by atoms with Crippen LogP contribution in [-0.2, 0) is 11.8 Å². The van der Waals surface area contributed by atoms with Crippen LogP contribution in [0.5, 0.6) is 0 Å². The smallest absolute Gasteiger partial charge is 0.229 e. The Morgan fingerprint density at radius 1 is 1.40 bits per heavy atom. The number of carbonyl (C=O) groups excluding carboxylic acids is 1. The molecule has 2 aromatic rings. The molecule has 2 N–H and O–H groups in total. The van der Waals surface area contributed by atoms with E-state index in [-0.39, 0.29) is 17.7 Å². The van der Waals surface area contributed by atoms with Gasteiger partial charge in [0, 0.05) is 50.3 Å². The van der Waals surface area contributed by atoms with Crippen LogP contribution in [0.3, 0.4) is 0 Å². The summed E-state index contributed by atoms with van der Waals surface area (Å²) in [7, 11) is 1.89. The molecule has 0 bridgehead atoms. The fraction of sp³-hybridized carbons (Fsp3) is 0.357. The second-order valence-electron chi connectivity index (χ2n) is 5.04. The first-order valence-electron chi connectivity index (χ1n) is 6.64. The summed E-state index contributed by atoms with van der Waals surface area (Å²) in [6, 6.07) is 3.58. The Morgan fingerprint density at radius 3 is 2.90 bits per heavy atom. The number of hydrogen-bond donors (Lipinski definition) is 2. The van der Waals surface area contributed by atoms with E-state index in [1.165, 1.54) is 0 Å². The van der Waals surface area contributed by atoms with E-state index in [1.54, 1.807) is 29.2 Å². The minimum atomic E-state index is -0.0765. The van der Waals surface area contributed by atoms with Gasteiger partial charge in [-0.2, -0.15) is 5.10 Å². The second kappa shape index (κ2) is 5.42. The van der Waals surface area contributed by atoms with Gasteiger partial charge in [-0.15, -0.1) is 0 Å². The zero-order valence-corrected chi connectivity index (χ0v) is 11.3. The highest BCUT2D eigenvalue weighted by molar-refractivity contribution is 5.93. The van der Waals surface area contributed by atoms with E-state index in [0.29, 0.717) is 6.54 Å². The first-order valence-corrected chi connectivity index (χ1v) is 6.64. The van der Waals surface area contributed by atoms with Gasteiger partial charge >= 0.3 is 0 Å². The Bertz CT molecular complexity index is 595. The highest BCUT2D eigenvalue weighted by Gasteiger charge is 2.34. The number of nitrogens with zero attached hydrogens (tertiary/aromatic N) is 3. The Hall–Kier alpha value is -2.21. The molecule has 1 aliphatic heterocycles. The van der Waals surface area contributed by atoms with Crippen molar-refractivity contribution in [3.8, 4) is 0 Å². The van der Waals surface area contributed by atoms with Gasteiger partial charge in [0.15, 0.2) is 0 Å². The minimum Gasteiger partial charge on any atom is -0.326 e. The van der Waals surface area contributed by atoms with Crippen LogP contribution in [0.2, 0.25) is 0 Å². The molecule has 1 aliphatic rings. The summed E-state index contributed by atoms with van der Waals surface area (Å²) < 4.78 is 1.77. The van der Waals surface area contributed by atoms with Crippen molar-refractivity contribution in [3.05, 3.63) is 42.5 Å². The Labute approximate surface area is 117 Å². The quantitative estimate of drug-likeness (QED) is 0.864. The molecular formula is C14H17N5O. The fourth-order valence-electron chi connectivity index (χ4n) is 2.61. The average molecular weight is 271 g/mol. The van der Waals surface area contributed by atoms with E-state index in [4.69, 9.17) is 0 Å². The maximum atomic E-state index is 12.4. The summed E-state index contributed by atoms with van der Waals surface area (Å²) in [5, 5.41) is 10.4. The number of rotatable bonds is 3. The average Bonchev–Trinajstić information content (AvgIpc) is 3.08. The van der Waals surface area contributed by atoms with Crippen molar-refractivity contribution in [2.75, 3.05) is 18.4 Å². The summed E-state index contributed by atoms with van der Waals surface area (Å²) in [5.74, 6) is 0.132. The molecule has 20 heavy (non-hydrogen) atoms. The van der Waals surface area contributed by atoms with Crippen molar-refractivity contribution in [2.24, 2.45) is 13.0 Å². The number of carbonyl (C=O) groups is 1. The standard InChI is InChI=1S/C14H17N5O/c1-19-9-10(6-17-19)12-7-16-8-13(12)14(20)18-11-2-4-15-5-3-11/h2-6,9,12-13,16H,7-8H2,1H3,(H,15,18,20)/t12-,13+/m1/s1. The molecule has 3 heterocycles. The Kier molecular flexibility index (Phi) is 3.47. The highest BCUT2D eigenvalue weighted by atomic mass is 16.1. The molecule has 2 aromatic heterocycles. The lowest BCUT2D eigenvalue weighted by molar-refractivity contribution is -0.119. The topological polar surface area (TPSA) is 71.8 Å². The zero-order valence-electron chi connectivity index (χ0n) is 11.3. The third-order valence-electron chi connectivity index (χ3n) is 3.65. The molecule has 3 rings (SSSR count). The lowest BCUT2D eigenvalue weighted by Gasteiger charge is -2.16. The van der Waals surface area contributed by atoms with E-state index in [2.05, 4.69) is 20.7 Å². The normalized spacial score (nSPS) is 21.9. The van der Waals surface area contributed by atoms with E-state index in [9.17, 15) is 4.79 Å². The Morgan fingerprint density at radius 2 is 2.20 bits per heavy atom. The SMILES string of the molecule is Cn1cc([C@H]2CNC[C@@H]2C(=O)Nc2ccncc2)cn1. The Balaban J connectivity index is 1.73. The van der Waals surface area contributed by atoms with Crippen LogP contribution in [0, 0.1) is 5.92 Å². The maximum Gasteiger partial charge on any atom is 0.229 e. The van der Waals surface area contributed by atoms with Gasteiger partial charge in [-0.05, 0) is 17.7 Å². The third kappa shape index (κ3) is 2.55. The highest BCUT2D eigenvalue weighted by Crippen LogP contribution is 2.28. The monoisotopic (exact) mass is 271 g/mol. The molecule has 6 heteroatoms. The summed E-state index contributed by atoms with van der Waals surface area (Å²) in [4.78, 5) is 16.3. The summed E-state index contributed by atoms with van der Waals surface area (Å²) >= 11 is 0. The number of nitrogens with one attached hydrogen (secondary N) is 2. The molecule has 1 fully saturated rings. The van der Waals surface area contributed by atoms with Crippen molar-refractivity contribution < 1.29 is 4.79 Å². The number of amides is 1. The molecule has 0 aromatic carbocycles. The second-order valence-corrected chi connectivity index (χ2v) is 5.04. The lowest BCUT2D eigenvalue weighted by atomic mass is 9.90. The van der Waals surface area contributed by atoms with Crippen LogP contribution in [0.25, 0.3) is 0 Å². The van der Waals surface area contributed by atoms with Crippen LogP contribution in [0.15, 0.2) is 36.9 Å². The molecule has 0 radical (unpaired) electrons. The molecule has 2 atom stereocenters. The first kappa shape index (κ1) is 12.8. The summed E-state index contributed by atoms with van der Waals surface area (Å²) in [5.41, 5.74) is 1.88. The van der Waals surface area contributed by atoms with Gasteiger partial charge in [-0.1, -0.05) is 0 Å². The van der Waals surface area contributed by atoms with Crippen LogP contribution in [0.4, 0.5) is 5.69 Å². The lowest BCUT2D eigenvalue weighted by Crippen LogP contribution is -2.28. The molecular weight excluding hydrogens is 254 g/mol. The molecule has 6 nitrogen and oxygen atoms in total. The number of aromatic nitrogens is 3. The number of pyridine rings is 1. The summed E-state index contributed by atoms with van der Waals surface area (Å²) in [6.07, 6.45) is 7.15. The van der Waals surface area contributed by atoms with Crippen LogP contribution < -0.4 is 10.6 Å². The minimum absolute atomic E-state index is 0.0371. The van der Waals surface area contributed by atoms with E-state index >= 15 is 0 Å². The maximum absolute atomic E-state index is 12.4. The van der Waals surface area contributed by atoms with Gasteiger partial charge in [0.05, 0.1) is 12.1 Å². The predicted molar refractivity (Wildman–Crippen MR) is 75.2 cm³/mol. The van der Waals surface area contributed by atoms with E-state index in [1.807, 2.05) is 19.4 Å². The number of aryl methyl sites for hydroxylation is 1. The molecule has 1 saturated heterocycles. The largest absolute Gasteiger partial charge is 0.326 e. The van der Waals surface area contributed by atoms with Gasteiger partial charge in [0.2, 0.25) is 5.91 Å². The fourth-order valence-corrected chi connectivity index (χ4v) is 2.61. The van der Waals surface area contributed by atoms with Crippen molar-refractivity contribution in [3.63, 3.8) is 0 Å². The third-order valence-corrected chi connectivity index (χ3v) is 3.65. The molecule has 104 valence electrons. The number of hydrogen-bond acceptors (Lipinski definition) is 4. The van der Waals surface area contributed by atoms with Crippen molar-refractivity contribution >= 4 is 11.6 Å². The molecule has 1 amide bonds. The van der Waals surface area contributed by atoms with Crippen LogP contribution in [0.1, 0.15) is 11.5 Å². The molecule has 0 saturated carbocycles. The molecule has 0 aliphatic carbocycles.